The van der Waals surface area contributed by atoms with Gasteiger partial charge in [0.1, 0.15) is 0 Å². The predicted molar refractivity (Wildman–Crippen MR) is 79.0 cm³/mol. The average Bonchev–Trinajstić information content (AvgIpc) is 2.86. The predicted octanol–water partition coefficient (Wildman–Crippen LogP) is 4.38. The number of rotatable bonds is 1. The number of aromatic amines is 1. The summed E-state index contributed by atoms with van der Waals surface area (Å²) in [6.07, 6.45) is 3.71. The molecule has 90 valence electrons. The van der Waals surface area contributed by atoms with Gasteiger partial charge in [-0.15, -0.1) is 0 Å². The first-order chi connectivity index (χ1) is 9.42. The second kappa shape index (κ2) is 3.95. The van der Waals surface area contributed by atoms with E-state index in [1.807, 2.05) is 18.5 Å². The van der Waals surface area contributed by atoms with Crippen LogP contribution in [0.25, 0.3) is 32.9 Å². The van der Waals surface area contributed by atoms with Gasteiger partial charge in [-0.25, -0.2) is 0 Å². The Hall–Kier alpha value is -2.61. The zero-order valence-electron chi connectivity index (χ0n) is 10.3. The van der Waals surface area contributed by atoms with Gasteiger partial charge in [-0.05, 0) is 29.3 Å². The molecule has 0 aliphatic heterocycles. The van der Waals surface area contributed by atoms with Gasteiger partial charge in [0.15, 0.2) is 0 Å². The average molecular weight is 244 g/mol. The van der Waals surface area contributed by atoms with E-state index in [1.165, 1.54) is 21.9 Å². The Bertz CT molecular complexity index is 860. The Kier molecular flexibility index (Phi) is 2.15. The van der Waals surface area contributed by atoms with Crippen LogP contribution in [0, 0.1) is 0 Å². The second-order valence-corrected chi connectivity index (χ2v) is 4.67. The molecule has 0 saturated carbocycles. The molecular weight excluding hydrogens is 232 g/mol. The summed E-state index contributed by atoms with van der Waals surface area (Å²) in [7, 11) is 0. The van der Waals surface area contributed by atoms with Crippen molar-refractivity contribution >= 4 is 21.8 Å². The molecule has 2 aromatic carbocycles. The van der Waals surface area contributed by atoms with Crippen molar-refractivity contribution in [3.63, 3.8) is 0 Å². The molecule has 19 heavy (non-hydrogen) atoms. The van der Waals surface area contributed by atoms with Gasteiger partial charge in [0.2, 0.25) is 0 Å². The molecule has 0 saturated heterocycles. The smallest absolute Gasteiger partial charge is 0.0651 e. The summed E-state index contributed by atoms with van der Waals surface area (Å²) in [5.41, 5.74) is 4.73. The Morgan fingerprint density at radius 3 is 2.53 bits per heavy atom. The fourth-order valence-corrected chi connectivity index (χ4v) is 2.56. The van der Waals surface area contributed by atoms with Crippen LogP contribution in [0.4, 0.5) is 0 Å². The Morgan fingerprint density at radius 2 is 1.63 bits per heavy atom. The first-order valence-corrected chi connectivity index (χ1v) is 6.33. The third kappa shape index (κ3) is 1.61. The molecule has 0 fully saturated rings. The molecule has 0 amide bonds. The molecule has 0 radical (unpaired) electrons. The molecule has 0 bridgehead atoms. The lowest BCUT2D eigenvalue weighted by Crippen LogP contribution is -1.76. The number of H-pyrrole nitrogens is 1. The number of hydrogen-bond acceptors (Lipinski definition) is 1. The Morgan fingerprint density at radius 1 is 0.737 bits per heavy atom. The van der Waals surface area contributed by atoms with Gasteiger partial charge in [-0.1, -0.05) is 36.4 Å². The monoisotopic (exact) mass is 244 g/mol. The van der Waals surface area contributed by atoms with Crippen LogP contribution in [0.15, 0.2) is 67.0 Å². The maximum Gasteiger partial charge on any atom is 0.0651 e. The van der Waals surface area contributed by atoms with Gasteiger partial charge in [-0.2, -0.15) is 0 Å². The number of hydrogen-bond donors (Lipinski definition) is 1. The number of benzene rings is 2. The zero-order valence-corrected chi connectivity index (χ0v) is 10.3. The van der Waals surface area contributed by atoms with Gasteiger partial charge < -0.3 is 4.98 Å². The minimum atomic E-state index is 1.09. The van der Waals surface area contributed by atoms with Crippen LogP contribution in [0.3, 0.4) is 0 Å². The minimum Gasteiger partial charge on any atom is -0.353 e. The first-order valence-electron chi connectivity index (χ1n) is 6.33. The molecule has 2 heterocycles. The van der Waals surface area contributed by atoms with Crippen LogP contribution in [0.5, 0.6) is 0 Å². The van der Waals surface area contributed by atoms with E-state index < -0.39 is 0 Å². The van der Waals surface area contributed by atoms with E-state index in [0.717, 1.165) is 11.0 Å². The summed E-state index contributed by atoms with van der Waals surface area (Å²) in [6.45, 7) is 0. The lowest BCUT2D eigenvalue weighted by atomic mass is 10.0. The fraction of sp³-hybridized carbons (Fsp3) is 0. The first kappa shape index (κ1) is 10.3. The molecule has 2 aromatic heterocycles. The third-order valence-corrected chi connectivity index (χ3v) is 3.51. The summed E-state index contributed by atoms with van der Waals surface area (Å²) in [5, 5.41) is 2.47. The lowest BCUT2D eigenvalue weighted by molar-refractivity contribution is 1.35. The van der Waals surface area contributed by atoms with Crippen molar-refractivity contribution in [1.82, 2.24) is 9.97 Å². The summed E-state index contributed by atoms with van der Waals surface area (Å²) in [5.74, 6) is 0. The van der Waals surface area contributed by atoms with Crippen LogP contribution < -0.4 is 0 Å². The molecule has 2 heteroatoms. The van der Waals surface area contributed by atoms with Crippen molar-refractivity contribution in [3.05, 3.63) is 67.0 Å². The van der Waals surface area contributed by atoms with Crippen LogP contribution in [0.1, 0.15) is 0 Å². The van der Waals surface area contributed by atoms with Crippen molar-refractivity contribution in [2.45, 2.75) is 0 Å². The number of fused-ring (bicyclic) bond motifs is 3. The number of aromatic nitrogens is 2. The van der Waals surface area contributed by atoms with E-state index in [9.17, 15) is 0 Å². The topological polar surface area (TPSA) is 28.7 Å². The molecule has 0 unspecified atom stereocenters. The van der Waals surface area contributed by atoms with Crippen LogP contribution in [-0.4, -0.2) is 9.97 Å². The highest BCUT2D eigenvalue weighted by Crippen LogP contribution is 2.29. The molecule has 0 spiro atoms. The van der Waals surface area contributed by atoms with Crippen LogP contribution >= 0.6 is 0 Å². The second-order valence-electron chi connectivity index (χ2n) is 4.67. The SMILES string of the molecule is c1ccc(-c2ccc3[nH]c4cnccc4c3c2)cc1. The molecule has 0 aliphatic rings. The summed E-state index contributed by atoms with van der Waals surface area (Å²) in [4.78, 5) is 7.55. The summed E-state index contributed by atoms with van der Waals surface area (Å²) < 4.78 is 0. The van der Waals surface area contributed by atoms with Gasteiger partial charge in [0.25, 0.3) is 0 Å². The lowest BCUT2D eigenvalue weighted by Gasteiger charge is -2.01. The summed E-state index contributed by atoms with van der Waals surface area (Å²) >= 11 is 0. The molecule has 2 nitrogen and oxygen atoms in total. The molecule has 0 atom stereocenters. The maximum atomic E-state index is 4.16. The maximum absolute atomic E-state index is 4.16. The molecule has 1 N–H and O–H groups in total. The van der Waals surface area contributed by atoms with Crippen LogP contribution in [0.2, 0.25) is 0 Å². The Labute approximate surface area is 110 Å². The van der Waals surface area contributed by atoms with E-state index >= 15 is 0 Å². The van der Waals surface area contributed by atoms with Crippen molar-refractivity contribution in [2.75, 3.05) is 0 Å². The number of nitrogens with zero attached hydrogens (tertiary/aromatic N) is 1. The summed E-state index contributed by atoms with van der Waals surface area (Å²) in [6, 6.07) is 19.0. The van der Waals surface area contributed by atoms with Crippen molar-refractivity contribution in [2.24, 2.45) is 0 Å². The highest BCUT2D eigenvalue weighted by atomic mass is 14.7. The quantitative estimate of drug-likeness (QED) is 0.528. The largest absolute Gasteiger partial charge is 0.353 e. The van der Waals surface area contributed by atoms with E-state index in [4.69, 9.17) is 0 Å². The van der Waals surface area contributed by atoms with E-state index in [2.05, 4.69) is 58.5 Å². The molecule has 4 aromatic rings. The minimum absolute atomic E-state index is 1.09. The van der Waals surface area contributed by atoms with Crippen molar-refractivity contribution < 1.29 is 0 Å². The van der Waals surface area contributed by atoms with Gasteiger partial charge in [-0.3, -0.25) is 4.98 Å². The highest BCUT2D eigenvalue weighted by molar-refractivity contribution is 6.08. The third-order valence-electron chi connectivity index (χ3n) is 3.51. The molecule has 4 rings (SSSR count). The number of pyridine rings is 1. The highest BCUT2D eigenvalue weighted by Gasteiger charge is 2.05. The van der Waals surface area contributed by atoms with Crippen LogP contribution in [-0.2, 0) is 0 Å². The standard InChI is InChI=1S/C17H12N2/c1-2-4-12(5-3-1)13-6-7-16-15(10-13)14-8-9-18-11-17(14)19-16/h1-11,19H. The van der Waals surface area contributed by atoms with Gasteiger partial charge in [0, 0.05) is 22.5 Å². The number of nitrogens with one attached hydrogen (secondary N) is 1. The van der Waals surface area contributed by atoms with E-state index in [-0.39, 0.29) is 0 Å². The Balaban J connectivity index is 2.03. The molecular formula is C17H12N2. The van der Waals surface area contributed by atoms with Gasteiger partial charge >= 0.3 is 0 Å². The van der Waals surface area contributed by atoms with Crippen molar-refractivity contribution in [3.8, 4) is 11.1 Å². The molecule has 0 aliphatic carbocycles. The van der Waals surface area contributed by atoms with Gasteiger partial charge in [0.05, 0.1) is 11.7 Å². The fourth-order valence-electron chi connectivity index (χ4n) is 2.56. The van der Waals surface area contributed by atoms with E-state index in [0.29, 0.717) is 0 Å². The van der Waals surface area contributed by atoms with E-state index in [1.54, 1.807) is 0 Å². The normalized spacial score (nSPS) is 11.2. The zero-order chi connectivity index (χ0) is 12.7. The van der Waals surface area contributed by atoms with Crippen molar-refractivity contribution in [1.29, 1.82) is 0 Å².